The van der Waals surface area contributed by atoms with Gasteiger partial charge in [-0.1, -0.05) is 0 Å². The smallest absolute Gasteiger partial charge is 0.243 e. The molecule has 133 heavy (non-hydrogen) atoms. The third kappa shape index (κ3) is 53.1. The summed E-state index contributed by atoms with van der Waals surface area (Å²) in [6.45, 7) is 1.79. The number of amides is 18. The predicted octanol–water partition coefficient (Wildman–Crippen LogP) is -14.9. The maximum atomic E-state index is 15.0. The number of carbonyl (C=O) groups is 18. The number of primary amides is 4. The summed E-state index contributed by atoms with van der Waals surface area (Å²) in [5, 5.41) is 96.7. The lowest BCUT2D eigenvalue weighted by Crippen LogP contribution is -2.61. The molecule has 18 amide bonds. The van der Waals surface area contributed by atoms with Crippen molar-refractivity contribution in [2.75, 3.05) is 58.9 Å². The molecule has 0 radical (unpaired) electrons. The van der Waals surface area contributed by atoms with Gasteiger partial charge in [0.15, 0.2) is 35.8 Å². The maximum absolute atomic E-state index is 15.0. The van der Waals surface area contributed by atoms with Crippen LogP contribution in [-0.2, 0) is 92.7 Å². The lowest BCUT2D eigenvalue weighted by molar-refractivity contribution is -0.136. The number of aromatic nitrogens is 2. The monoisotopic (exact) mass is 1890 g/mol. The minimum Gasteiger partial charge on any atom is -0.370 e. The zero-order valence-corrected chi connectivity index (χ0v) is 74.7. The summed E-state index contributed by atoms with van der Waals surface area (Å²) in [4.78, 5) is 254. The number of guanidine groups is 6. The van der Waals surface area contributed by atoms with Crippen molar-refractivity contribution in [3.63, 3.8) is 0 Å². The first-order chi connectivity index (χ1) is 62.8. The van der Waals surface area contributed by atoms with E-state index < -0.39 is 253 Å². The highest BCUT2D eigenvalue weighted by Crippen LogP contribution is 2.14. The average molecular weight is 1890 g/mol. The second-order valence-electron chi connectivity index (χ2n) is 30.8. The first-order valence-electron chi connectivity index (χ1n) is 42.9. The van der Waals surface area contributed by atoms with Gasteiger partial charge in [-0.05, 0) is 148 Å². The highest BCUT2D eigenvalue weighted by atomic mass is 16.2. The molecule has 0 fully saturated rings. The number of hydrogen-bond donors (Lipinski definition) is 39. The standard InChI is InChI=1S/C75H138N40O18/c1-38(58(122)115-52(33-40-35-94-37-102-40)69(133)113-50(22-24-54(79)118)68(132)114-51(57(81)121)34-55(80)119)103-59(123)44(16-8-28-96-71(84)85)107-63(127)45(17-9-29-97-72(86)87)109-65(129)47(19-11-31-99-74(90)91)111-67(131)49(21-23-53(78)117)112-66(130)48(20-12-32-100-75(92)93)110-64(128)46(18-10-30-98-73(88)89)108-62(126)43(14-4-6-26-77)106-61(125)42(13-3-5-25-76)105-60(124)41(15-7-27-95-70(82)83)104-56(120)36-101-39(2)116/h35,37-38,41-52H,3-34,36,76-77H2,1-2H3,(H2,78,117)(H2,79,118)(H2,80,119)(H2,81,121)(H,94,102)(H,101,116)(H,103,123)(H,104,120)(H,105,124)(H,106,125)(H,107,127)(H,108,126)(H,109,129)(H,110,128)(H,111,131)(H,112,130)(H,113,133)(H,114,132)(H,115,122)(H4,82,83,95)(H4,84,85,96)(H4,86,87,97)(H4,88,89,98)(H4,90,91,99)(H4,92,93,100)/t38-,41-,42-,43-,44-,45-,46-,47-,48-,49-,50-,51-,52-/m0/s1. The molecular weight excluding hydrogens is 1750 g/mol. The van der Waals surface area contributed by atoms with Gasteiger partial charge >= 0.3 is 0 Å². The summed E-state index contributed by atoms with van der Waals surface area (Å²) in [5.41, 5.74) is 66.7. The van der Waals surface area contributed by atoms with Crippen molar-refractivity contribution in [1.82, 2.24) is 116 Å². The fraction of sp³-hybridized carbons (Fsp3) is 0.640. The SMILES string of the molecule is CC(=O)NCC(=O)N[C@@H](CCCNC(=N)N)C(=O)N[C@@H](CCCCN)C(=O)N[C@@H](CCCCN)C(=O)N[C@@H](CCCNC(=N)N)C(=O)N[C@@H](CCCNC(=N)N)C(=O)N[C@@H](CCC(N)=O)C(=O)N[C@@H](CCCNC(=N)N)C(=O)N[C@@H](CCCNC(=N)N)C(=O)N[C@@H](CCCNC(=N)N)C(=O)N[C@@H](C)C(=O)N[C@@H](Cc1cnc[nH]1)C(=O)N[C@@H](CCC(N)=O)C(=O)N[C@@H](CC(N)=O)C(N)=O. The van der Waals surface area contributed by atoms with Gasteiger partial charge in [-0.2, -0.15) is 0 Å². The zero-order valence-electron chi connectivity index (χ0n) is 74.7. The number of unbranched alkanes of at least 4 members (excludes halogenated alkanes) is 2. The fourth-order valence-corrected chi connectivity index (χ4v) is 12.5. The third-order valence-corrected chi connectivity index (χ3v) is 19.4. The van der Waals surface area contributed by atoms with Gasteiger partial charge in [-0.15, -0.1) is 0 Å². The second kappa shape index (κ2) is 64.9. The second-order valence-corrected chi connectivity index (χ2v) is 30.8. The fourth-order valence-electron chi connectivity index (χ4n) is 12.5. The predicted molar refractivity (Wildman–Crippen MR) is 482 cm³/mol. The summed E-state index contributed by atoms with van der Waals surface area (Å²) < 4.78 is 0. The molecule has 0 unspecified atom stereocenters. The number of imidazole rings is 1. The maximum Gasteiger partial charge on any atom is 0.243 e. The molecule has 1 heterocycles. The first kappa shape index (κ1) is 116. The van der Waals surface area contributed by atoms with Crippen LogP contribution in [0.3, 0.4) is 0 Å². The molecule has 1 aromatic rings. The van der Waals surface area contributed by atoms with Crippen LogP contribution in [-0.4, -0.2) is 290 Å². The number of rotatable bonds is 70. The van der Waals surface area contributed by atoms with Crippen molar-refractivity contribution < 1.29 is 86.3 Å². The summed E-state index contributed by atoms with van der Waals surface area (Å²) in [7, 11) is 0. The first-order valence-corrected chi connectivity index (χ1v) is 42.9. The Kier molecular flexibility index (Phi) is 56.7. The third-order valence-electron chi connectivity index (χ3n) is 19.4. The Balaban J connectivity index is 4.08. The number of aromatic amines is 1. The number of hydrogen-bond acceptors (Lipinski definition) is 27. The molecule has 0 saturated heterocycles. The highest BCUT2D eigenvalue weighted by molar-refractivity contribution is 6.01. The molecule has 0 aliphatic heterocycles. The Hall–Kier alpha value is -14.8. The van der Waals surface area contributed by atoms with E-state index in [0.29, 0.717) is 12.8 Å². The molecule has 0 aliphatic carbocycles. The van der Waals surface area contributed by atoms with E-state index >= 15 is 0 Å². The van der Waals surface area contributed by atoms with Crippen molar-refractivity contribution >= 4 is 142 Å². The Bertz CT molecular complexity index is 4080. The molecule has 0 spiro atoms. The van der Waals surface area contributed by atoms with Gasteiger partial charge in [0.1, 0.15) is 78.5 Å². The van der Waals surface area contributed by atoms with Crippen LogP contribution in [0.15, 0.2) is 12.5 Å². The summed E-state index contributed by atoms with van der Waals surface area (Å²) in [5.74, 6) is -20.9. The minimum atomic E-state index is -1.84. The lowest BCUT2D eigenvalue weighted by Gasteiger charge is -2.29. The van der Waals surface area contributed by atoms with Gasteiger partial charge < -0.3 is 180 Å². The van der Waals surface area contributed by atoms with Crippen LogP contribution in [0.5, 0.6) is 0 Å². The topological polar surface area (TPSA) is 1030 Å². The van der Waals surface area contributed by atoms with Crippen molar-refractivity contribution in [3.8, 4) is 0 Å². The Labute approximate surface area is 766 Å². The van der Waals surface area contributed by atoms with E-state index in [1.54, 1.807) is 0 Å². The normalized spacial score (nSPS) is 13.7. The molecule has 1 aromatic heterocycles. The van der Waals surface area contributed by atoms with Crippen molar-refractivity contribution in [2.45, 2.75) is 246 Å². The van der Waals surface area contributed by atoms with Crippen molar-refractivity contribution in [2.24, 2.45) is 68.8 Å². The van der Waals surface area contributed by atoms with E-state index in [1.165, 1.54) is 26.4 Å². The number of nitrogens with zero attached hydrogens (tertiary/aromatic N) is 1. The summed E-state index contributed by atoms with van der Waals surface area (Å²) in [6, 6.07) is -21.0. The summed E-state index contributed by atoms with van der Waals surface area (Å²) in [6.07, 6.45) is -1.60. The van der Waals surface area contributed by atoms with Gasteiger partial charge in [0.2, 0.25) is 106 Å². The van der Waals surface area contributed by atoms with E-state index in [1.807, 2.05) is 0 Å². The molecule has 1 rings (SSSR count). The summed E-state index contributed by atoms with van der Waals surface area (Å²) >= 11 is 0. The molecule has 58 nitrogen and oxygen atoms in total. The van der Waals surface area contributed by atoms with Crippen molar-refractivity contribution in [1.29, 1.82) is 32.5 Å². The van der Waals surface area contributed by atoms with Gasteiger partial charge in [0.25, 0.3) is 0 Å². The van der Waals surface area contributed by atoms with Crippen LogP contribution in [0.25, 0.3) is 0 Å². The lowest BCUT2D eigenvalue weighted by atomic mass is 10.0. The molecule has 0 saturated carbocycles. The molecule has 0 aliphatic rings. The Morgan fingerprint density at radius 1 is 0.308 bits per heavy atom. The molecule has 0 aromatic carbocycles. The molecule has 0 bridgehead atoms. The van der Waals surface area contributed by atoms with E-state index in [0.717, 1.165) is 0 Å². The largest absolute Gasteiger partial charge is 0.370 e. The van der Waals surface area contributed by atoms with Crippen LogP contribution in [0, 0.1) is 32.5 Å². The number of carbonyl (C=O) groups excluding carboxylic acids is 18. The Morgan fingerprint density at radius 2 is 0.556 bits per heavy atom. The van der Waals surface area contributed by atoms with Gasteiger partial charge in [0.05, 0.1) is 19.3 Å². The molecular formula is C75H138N40O18. The molecule has 58 heteroatoms. The van der Waals surface area contributed by atoms with Gasteiger partial charge in [-0.3, -0.25) is 119 Å². The van der Waals surface area contributed by atoms with E-state index in [-0.39, 0.29) is 173 Å². The van der Waals surface area contributed by atoms with E-state index in [9.17, 15) is 86.3 Å². The quantitative estimate of drug-likeness (QED) is 0.0164. The van der Waals surface area contributed by atoms with Gasteiger partial charge in [-0.25, -0.2) is 4.98 Å². The van der Waals surface area contributed by atoms with Crippen LogP contribution < -0.4 is 175 Å². The minimum absolute atomic E-state index is 0.0173. The Morgan fingerprint density at radius 3 is 0.797 bits per heavy atom. The van der Waals surface area contributed by atoms with E-state index in [2.05, 4.69) is 116 Å². The number of nitrogens with one attached hydrogen (secondary N) is 27. The van der Waals surface area contributed by atoms with Crippen LogP contribution in [0.4, 0.5) is 0 Å². The van der Waals surface area contributed by atoms with Gasteiger partial charge in [0, 0.05) is 77.3 Å². The number of nitrogens with two attached hydrogens (primary N) is 12. The van der Waals surface area contributed by atoms with Crippen molar-refractivity contribution in [3.05, 3.63) is 18.2 Å². The van der Waals surface area contributed by atoms with Crippen LogP contribution in [0.1, 0.15) is 167 Å². The average Bonchev–Trinajstić information content (AvgIpc) is 1.83. The zero-order chi connectivity index (χ0) is 100. The highest BCUT2D eigenvalue weighted by Gasteiger charge is 2.38. The molecule has 746 valence electrons. The molecule has 51 N–H and O–H groups in total. The number of H-pyrrole nitrogens is 1. The van der Waals surface area contributed by atoms with Crippen LogP contribution in [0.2, 0.25) is 0 Å². The van der Waals surface area contributed by atoms with E-state index in [4.69, 9.17) is 101 Å². The molecule has 13 atom stereocenters. The van der Waals surface area contributed by atoms with Crippen LogP contribution >= 0.6 is 0 Å².